The number of fused-ring (bicyclic) bond motifs is 1. The quantitative estimate of drug-likeness (QED) is 0.620. The first-order valence-corrected chi connectivity index (χ1v) is 5.27. The van der Waals surface area contributed by atoms with Gasteiger partial charge in [0.1, 0.15) is 12.0 Å². The first-order chi connectivity index (χ1) is 8.25. The molecule has 0 saturated heterocycles. The van der Waals surface area contributed by atoms with Crippen molar-refractivity contribution in [2.24, 2.45) is 0 Å². The van der Waals surface area contributed by atoms with Crippen LogP contribution in [0.2, 0.25) is 0 Å². The Kier molecular flexibility index (Phi) is 2.04. The van der Waals surface area contributed by atoms with E-state index in [9.17, 15) is 0 Å². The van der Waals surface area contributed by atoms with Gasteiger partial charge in [0.15, 0.2) is 5.82 Å². The lowest BCUT2D eigenvalue weighted by molar-refractivity contribution is 1.08. The molecule has 0 bridgehead atoms. The maximum absolute atomic E-state index is 5.97. The Hall–Kier alpha value is -2.43. The number of nitrogens with two attached hydrogens (primary N) is 1. The molecule has 0 radical (unpaired) electrons. The number of nitrogens with zero attached hydrogens (tertiary/aromatic N) is 3. The molecule has 2 heterocycles. The number of hydrogen-bond acceptors (Lipinski definition) is 4. The highest BCUT2D eigenvalue weighted by molar-refractivity contribution is 5.95. The Morgan fingerprint density at radius 3 is 2.88 bits per heavy atom. The van der Waals surface area contributed by atoms with Crippen LogP contribution in [0.15, 0.2) is 30.6 Å². The number of pyridine rings is 1. The Labute approximate surface area is 97.7 Å². The lowest BCUT2D eigenvalue weighted by atomic mass is 10.1. The van der Waals surface area contributed by atoms with Crippen molar-refractivity contribution in [3.05, 3.63) is 36.3 Å². The fourth-order valence-electron chi connectivity index (χ4n) is 1.92. The molecule has 17 heavy (non-hydrogen) atoms. The predicted molar refractivity (Wildman–Crippen MR) is 66.3 cm³/mol. The van der Waals surface area contributed by atoms with Gasteiger partial charge >= 0.3 is 0 Å². The number of anilines is 1. The van der Waals surface area contributed by atoms with Gasteiger partial charge in [0, 0.05) is 22.2 Å². The van der Waals surface area contributed by atoms with E-state index in [0.29, 0.717) is 5.82 Å². The van der Waals surface area contributed by atoms with Crippen LogP contribution in [-0.4, -0.2) is 20.2 Å². The van der Waals surface area contributed by atoms with Crippen LogP contribution in [-0.2, 0) is 0 Å². The maximum atomic E-state index is 5.97. The molecule has 0 amide bonds. The fraction of sp³-hybridized carbons (Fsp3) is 0.0833. The molecule has 3 rings (SSSR count). The van der Waals surface area contributed by atoms with Crippen LogP contribution >= 0.6 is 0 Å². The molecule has 5 nitrogen and oxygen atoms in total. The lowest BCUT2D eigenvalue weighted by Gasteiger charge is -2.06. The highest BCUT2D eigenvalue weighted by Gasteiger charge is 2.08. The number of hydrogen-bond donors (Lipinski definition) is 2. The molecule has 3 aromatic rings. The minimum atomic E-state index is 0.651. The van der Waals surface area contributed by atoms with Gasteiger partial charge < -0.3 is 5.73 Å². The zero-order valence-corrected chi connectivity index (χ0v) is 9.31. The summed E-state index contributed by atoms with van der Waals surface area (Å²) in [7, 11) is 0. The first-order valence-electron chi connectivity index (χ1n) is 5.27. The van der Waals surface area contributed by atoms with Gasteiger partial charge in [0.25, 0.3) is 0 Å². The molecule has 0 unspecified atom stereocenters. The van der Waals surface area contributed by atoms with Crippen molar-refractivity contribution in [3.63, 3.8) is 0 Å². The van der Waals surface area contributed by atoms with Crippen molar-refractivity contribution in [2.45, 2.75) is 6.92 Å². The average molecular weight is 225 g/mol. The fourth-order valence-corrected chi connectivity index (χ4v) is 1.92. The number of nitrogen functional groups attached to an aromatic ring is 1. The van der Waals surface area contributed by atoms with Crippen LogP contribution < -0.4 is 5.73 Å². The van der Waals surface area contributed by atoms with Gasteiger partial charge in [0.05, 0.1) is 0 Å². The van der Waals surface area contributed by atoms with Crippen molar-refractivity contribution >= 4 is 16.5 Å². The third kappa shape index (κ3) is 1.52. The normalized spacial score (nSPS) is 10.9. The maximum Gasteiger partial charge on any atom is 0.174 e. The molecule has 0 aliphatic rings. The Morgan fingerprint density at radius 1 is 1.24 bits per heavy atom. The summed E-state index contributed by atoms with van der Waals surface area (Å²) >= 11 is 0. The van der Waals surface area contributed by atoms with E-state index in [1.807, 2.05) is 31.2 Å². The second-order valence-corrected chi connectivity index (χ2v) is 3.87. The van der Waals surface area contributed by atoms with Crippen molar-refractivity contribution < 1.29 is 0 Å². The highest BCUT2D eigenvalue weighted by atomic mass is 15.2. The second kappa shape index (κ2) is 3.55. The van der Waals surface area contributed by atoms with Gasteiger partial charge in [-0.15, -0.1) is 0 Å². The van der Waals surface area contributed by atoms with Crippen molar-refractivity contribution in [2.75, 3.05) is 5.73 Å². The third-order valence-electron chi connectivity index (χ3n) is 2.76. The Morgan fingerprint density at radius 2 is 2.12 bits per heavy atom. The van der Waals surface area contributed by atoms with E-state index in [4.69, 9.17) is 5.73 Å². The largest absolute Gasteiger partial charge is 0.398 e. The van der Waals surface area contributed by atoms with Crippen molar-refractivity contribution in [1.82, 2.24) is 20.2 Å². The summed E-state index contributed by atoms with van der Waals surface area (Å²) in [5.41, 5.74) is 8.40. The van der Waals surface area contributed by atoms with E-state index in [1.165, 1.54) is 6.33 Å². The molecule has 0 spiro atoms. The summed E-state index contributed by atoms with van der Waals surface area (Å²) in [6.07, 6.45) is 1.46. The molecule has 0 fully saturated rings. The van der Waals surface area contributed by atoms with Crippen LogP contribution in [0.4, 0.5) is 5.69 Å². The zero-order valence-electron chi connectivity index (χ0n) is 9.31. The number of benzene rings is 1. The van der Waals surface area contributed by atoms with E-state index in [1.54, 1.807) is 0 Å². The minimum Gasteiger partial charge on any atom is -0.398 e. The van der Waals surface area contributed by atoms with Crippen molar-refractivity contribution in [1.29, 1.82) is 0 Å². The van der Waals surface area contributed by atoms with Crippen LogP contribution in [0.1, 0.15) is 5.69 Å². The molecule has 0 aliphatic carbocycles. The smallest absolute Gasteiger partial charge is 0.174 e. The molecule has 2 aromatic heterocycles. The lowest BCUT2D eigenvalue weighted by Crippen LogP contribution is -1.94. The van der Waals surface area contributed by atoms with E-state index in [2.05, 4.69) is 20.2 Å². The van der Waals surface area contributed by atoms with Gasteiger partial charge in [-0.25, -0.2) is 9.97 Å². The van der Waals surface area contributed by atoms with E-state index < -0.39 is 0 Å². The molecular weight excluding hydrogens is 214 g/mol. The Bertz CT molecular complexity index is 673. The SMILES string of the molecule is Cc1nc(-c2ncn[nH]2)cc2c(N)cccc12. The number of aromatic amines is 1. The number of aromatic nitrogens is 4. The van der Waals surface area contributed by atoms with E-state index in [-0.39, 0.29) is 0 Å². The van der Waals surface area contributed by atoms with E-state index >= 15 is 0 Å². The number of rotatable bonds is 1. The van der Waals surface area contributed by atoms with Crippen molar-refractivity contribution in [3.8, 4) is 11.5 Å². The van der Waals surface area contributed by atoms with Gasteiger partial charge in [-0.2, -0.15) is 5.10 Å². The summed E-state index contributed by atoms with van der Waals surface area (Å²) in [4.78, 5) is 8.59. The Balaban J connectivity index is 2.34. The molecule has 0 saturated carbocycles. The number of aryl methyl sites for hydroxylation is 1. The van der Waals surface area contributed by atoms with Gasteiger partial charge in [0.2, 0.25) is 0 Å². The average Bonchev–Trinajstić information content (AvgIpc) is 2.84. The van der Waals surface area contributed by atoms with Gasteiger partial charge in [-0.3, -0.25) is 5.10 Å². The van der Waals surface area contributed by atoms with Crippen LogP contribution in [0.5, 0.6) is 0 Å². The van der Waals surface area contributed by atoms with E-state index in [0.717, 1.165) is 27.8 Å². The molecule has 1 aromatic carbocycles. The monoisotopic (exact) mass is 225 g/mol. The molecule has 0 atom stereocenters. The summed E-state index contributed by atoms with van der Waals surface area (Å²) in [6, 6.07) is 7.75. The zero-order chi connectivity index (χ0) is 11.8. The predicted octanol–water partition coefficient (Wildman–Crippen LogP) is 1.91. The summed E-state index contributed by atoms with van der Waals surface area (Å²) < 4.78 is 0. The first kappa shape index (κ1) is 9.77. The molecule has 84 valence electrons. The van der Waals surface area contributed by atoms with Gasteiger partial charge in [-0.1, -0.05) is 12.1 Å². The molecule has 5 heteroatoms. The number of nitrogens with one attached hydrogen (secondary N) is 1. The standard InChI is InChI=1S/C12H11N5/c1-7-8-3-2-4-10(13)9(8)5-11(16-7)12-14-6-15-17-12/h2-6H,13H2,1H3,(H,14,15,17). The highest BCUT2D eigenvalue weighted by Crippen LogP contribution is 2.26. The summed E-state index contributed by atoms with van der Waals surface area (Å²) in [5.74, 6) is 0.651. The number of H-pyrrole nitrogens is 1. The van der Waals surface area contributed by atoms with Crippen LogP contribution in [0, 0.1) is 6.92 Å². The summed E-state index contributed by atoms with van der Waals surface area (Å²) in [5, 5.41) is 8.68. The van der Waals surface area contributed by atoms with Crippen LogP contribution in [0.25, 0.3) is 22.3 Å². The molecular formula is C12H11N5. The minimum absolute atomic E-state index is 0.651. The molecule has 3 N–H and O–H groups in total. The summed E-state index contributed by atoms with van der Waals surface area (Å²) in [6.45, 7) is 1.96. The third-order valence-corrected chi connectivity index (χ3v) is 2.76. The van der Waals surface area contributed by atoms with Gasteiger partial charge in [-0.05, 0) is 19.1 Å². The van der Waals surface area contributed by atoms with Crippen LogP contribution in [0.3, 0.4) is 0 Å². The topological polar surface area (TPSA) is 80.5 Å². The second-order valence-electron chi connectivity index (χ2n) is 3.87. The molecule has 0 aliphatic heterocycles.